The van der Waals surface area contributed by atoms with Crippen molar-refractivity contribution in [3.8, 4) is 17.2 Å². The first-order valence-corrected chi connectivity index (χ1v) is 9.18. The van der Waals surface area contributed by atoms with Crippen LogP contribution in [0.4, 0.5) is 5.69 Å². The number of nitrogens with zero attached hydrogens (tertiary/aromatic N) is 2. The summed E-state index contributed by atoms with van der Waals surface area (Å²) in [5.41, 5.74) is 3.92. The van der Waals surface area contributed by atoms with Crippen LogP contribution in [0.3, 0.4) is 0 Å². The van der Waals surface area contributed by atoms with Crippen molar-refractivity contribution in [3.63, 3.8) is 0 Å². The third-order valence-electron chi connectivity index (χ3n) is 4.76. The Morgan fingerprint density at radius 3 is 2.14 bits per heavy atom. The average molecular weight is 387 g/mol. The normalized spacial score (nSPS) is 10.7. The minimum atomic E-state index is -0.183. The van der Waals surface area contributed by atoms with E-state index in [0.717, 1.165) is 34.0 Å². The van der Waals surface area contributed by atoms with Crippen molar-refractivity contribution in [2.45, 2.75) is 6.92 Å². The van der Waals surface area contributed by atoms with E-state index in [1.54, 1.807) is 44.6 Å². The summed E-state index contributed by atoms with van der Waals surface area (Å²) < 4.78 is 12.4. The summed E-state index contributed by atoms with van der Waals surface area (Å²) in [5.74, 6) is 2.19. The van der Waals surface area contributed by atoms with E-state index in [2.05, 4.69) is 10.3 Å². The second-order valence-electron chi connectivity index (χ2n) is 6.58. The molecule has 146 valence electrons. The monoisotopic (exact) mass is 387 g/mol. The zero-order valence-electron chi connectivity index (χ0n) is 16.5. The summed E-state index contributed by atoms with van der Waals surface area (Å²) in [6.07, 6.45) is 0. The lowest BCUT2D eigenvalue weighted by Gasteiger charge is -2.09. The predicted molar refractivity (Wildman–Crippen MR) is 113 cm³/mol. The molecule has 0 aliphatic rings. The number of rotatable bonds is 5. The van der Waals surface area contributed by atoms with E-state index in [0.29, 0.717) is 11.3 Å². The number of imidazole rings is 1. The van der Waals surface area contributed by atoms with Gasteiger partial charge < -0.3 is 14.8 Å². The van der Waals surface area contributed by atoms with Crippen LogP contribution in [-0.4, -0.2) is 29.7 Å². The number of aryl methyl sites for hydroxylation is 1. The number of fused-ring (bicyclic) bond motifs is 1. The van der Waals surface area contributed by atoms with Crippen molar-refractivity contribution >= 4 is 22.6 Å². The van der Waals surface area contributed by atoms with Gasteiger partial charge in [0.05, 0.1) is 25.3 Å². The van der Waals surface area contributed by atoms with Crippen molar-refractivity contribution in [3.05, 3.63) is 78.1 Å². The second kappa shape index (κ2) is 7.67. The van der Waals surface area contributed by atoms with Gasteiger partial charge in [0.25, 0.3) is 5.91 Å². The summed E-state index contributed by atoms with van der Waals surface area (Å²) >= 11 is 0. The lowest BCUT2D eigenvalue weighted by atomic mass is 10.1. The first kappa shape index (κ1) is 18.6. The van der Waals surface area contributed by atoms with Crippen LogP contribution >= 0.6 is 0 Å². The standard InChI is InChI=1S/C23H21N3O3/c1-15-24-21-13-4-16(23(27)25-17-5-9-19(28-2)10-6-17)14-22(21)26(15)18-7-11-20(29-3)12-8-18/h4-14H,1-3H3,(H,25,27). The van der Waals surface area contributed by atoms with Crippen LogP contribution in [0.25, 0.3) is 16.7 Å². The number of aromatic nitrogens is 2. The van der Waals surface area contributed by atoms with Crippen molar-refractivity contribution in [2.75, 3.05) is 19.5 Å². The molecular formula is C23H21N3O3. The highest BCUT2D eigenvalue weighted by Crippen LogP contribution is 2.24. The SMILES string of the molecule is COc1ccc(NC(=O)c2ccc3nc(C)n(-c4ccc(OC)cc4)c3c2)cc1. The summed E-state index contributed by atoms with van der Waals surface area (Å²) in [5, 5.41) is 2.91. The van der Waals surface area contributed by atoms with Crippen LogP contribution in [-0.2, 0) is 0 Å². The van der Waals surface area contributed by atoms with E-state index < -0.39 is 0 Å². The van der Waals surface area contributed by atoms with Crippen molar-refractivity contribution in [1.82, 2.24) is 9.55 Å². The maximum absolute atomic E-state index is 12.8. The highest BCUT2D eigenvalue weighted by atomic mass is 16.5. The highest BCUT2D eigenvalue weighted by molar-refractivity contribution is 6.06. The summed E-state index contributed by atoms with van der Waals surface area (Å²) in [7, 11) is 3.25. The maximum Gasteiger partial charge on any atom is 0.255 e. The molecule has 1 amide bonds. The topological polar surface area (TPSA) is 65.4 Å². The van der Waals surface area contributed by atoms with E-state index in [1.165, 1.54) is 0 Å². The van der Waals surface area contributed by atoms with Gasteiger partial charge in [-0.25, -0.2) is 4.98 Å². The van der Waals surface area contributed by atoms with Gasteiger partial charge in [0.2, 0.25) is 0 Å². The van der Waals surface area contributed by atoms with Crippen LogP contribution in [0, 0.1) is 6.92 Å². The molecule has 4 aromatic rings. The average Bonchev–Trinajstić information content (AvgIpc) is 3.09. The Morgan fingerprint density at radius 2 is 1.52 bits per heavy atom. The minimum Gasteiger partial charge on any atom is -0.497 e. The van der Waals surface area contributed by atoms with Gasteiger partial charge in [-0.1, -0.05) is 0 Å². The van der Waals surface area contributed by atoms with Crippen LogP contribution < -0.4 is 14.8 Å². The second-order valence-corrected chi connectivity index (χ2v) is 6.58. The van der Waals surface area contributed by atoms with Gasteiger partial charge in [-0.05, 0) is 73.7 Å². The van der Waals surface area contributed by atoms with E-state index >= 15 is 0 Å². The number of hydrogen-bond acceptors (Lipinski definition) is 4. The van der Waals surface area contributed by atoms with Gasteiger partial charge in [0.1, 0.15) is 17.3 Å². The van der Waals surface area contributed by atoms with E-state index in [9.17, 15) is 4.79 Å². The Morgan fingerprint density at radius 1 is 0.897 bits per heavy atom. The molecule has 0 aliphatic heterocycles. The smallest absolute Gasteiger partial charge is 0.255 e. The van der Waals surface area contributed by atoms with Crippen LogP contribution in [0.2, 0.25) is 0 Å². The van der Waals surface area contributed by atoms with Gasteiger partial charge in [0.15, 0.2) is 0 Å². The molecule has 29 heavy (non-hydrogen) atoms. The number of carbonyl (C=O) groups excluding carboxylic acids is 1. The zero-order chi connectivity index (χ0) is 20.4. The van der Waals surface area contributed by atoms with E-state index in [4.69, 9.17) is 9.47 Å². The molecule has 3 aromatic carbocycles. The molecule has 6 nitrogen and oxygen atoms in total. The number of benzene rings is 3. The molecule has 0 bridgehead atoms. The van der Waals surface area contributed by atoms with Gasteiger partial charge in [-0.2, -0.15) is 0 Å². The number of amides is 1. The number of hydrogen-bond donors (Lipinski definition) is 1. The third kappa shape index (κ3) is 3.65. The predicted octanol–water partition coefficient (Wildman–Crippen LogP) is 4.60. The van der Waals surface area contributed by atoms with Crippen molar-refractivity contribution in [1.29, 1.82) is 0 Å². The van der Waals surface area contributed by atoms with Crippen LogP contribution in [0.15, 0.2) is 66.7 Å². The molecule has 1 heterocycles. The fourth-order valence-electron chi connectivity index (χ4n) is 3.27. The Kier molecular flexibility index (Phi) is 4.91. The van der Waals surface area contributed by atoms with Gasteiger partial charge in [-0.3, -0.25) is 9.36 Å². The molecular weight excluding hydrogens is 366 g/mol. The number of methoxy groups -OCH3 is 2. The maximum atomic E-state index is 12.8. The van der Waals surface area contributed by atoms with Crippen LogP contribution in [0.1, 0.15) is 16.2 Å². The first-order valence-electron chi connectivity index (χ1n) is 9.18. The van der Waals surface area contributed by atoms with Gasteiger partial charge >= 0.3 is 0 Å². The molecule has 1 N–H and O–H groups in total. The van der Waals surface area contributed by atoms with Crippen molar-refractivity contribution < 1.29 is 14.3 Å². The summed E-state index contributed by atoms with van der Waals surface area (Å²) in [6.45, 7) is 1.95. The zero-order valence-corrected chi connectivity index (χ0v) is 16.5. The van der Waals surface area contributed by atoms with Gasteiger partial charge in [0, 0.05) is 16.9 Å². The number of carbonyl (C=O) groups is 1. The minimum absolute atomic E-state index is 0.183. The largest absolute Gasteiger partial charge is 0.497 e. The summed E-state index contributed by atoms with van der Waals surface area (Å²) in [6, 6.07) is 20.5. The molecule has 0 atom stereocenters. The molecule has 0 unspecified atom stereocenters. The summed E-state index contributed by atoms with van der Waals surface area (Å²) in [4.78, 5) is 17.4. The number of ether oxygens (including phenoxy) is 2. The first-order chi connectivity index (χ1) is 14.1. The quantitative estimate of drug-likeness (QED) is 0.543. The van der Waals surface area contributed by atoms with Crippen molar-refractivity contribution in [2.24, 2.45) is 0 Å². The Hall–Kier alpha value is -3.80. The Labute approximate surface area is 168 Å². The van der Waals surface area contributed by atoms with E-state index in [1.807, 2.05) is 47.9 Å². The Bertz CT molecular complexity index is 1160. The molecule has 0 radical (unpaired) electrons. The van der Waals surface area contributed by atoms with E-state index in [-0.39, 0.29) is 5.91 Å². The molecule has 0 spiro atoms. The molecule has 0 fully saturated rings. The third-order valence-corrected chi connectivity index (χ3v) is 4.76. The molecule has 0 saturated heterocycles. The molecule has 0 aliphatic carbocycles. The number of nitrogens with one attached hydrogen (secondary N) is 1. The fourth-order valence-corrected chi connectivity index (χ4v) is 3.27. The van der Waals surface area contributed by atoms with Crippen LogP contribution in [0.5, 0.6) is 11.5 Å². The van der Waals surface area contributed by atoms with Gasteiger partial charge in [-0.15, -0.1) is 0 Å². The Balaban J connectivity index is 1.68. The highest BCUT2D eigenvalue weighted by Gasteiger charge is 2.13. The fraction of sp³-hybridized carbons (Fsp3) is 0.130. The number of anilines is 1. The molecule has 4 rings (SSSR count). The molecule has 0 saturated carbocycles. The molecule has 6 heteroatoms. The lowest BCUT2D eigenvalue weighted by Crippen LogP contribution is -2.11. The lowest BCUT2D eigenvalue weighted by molar-refractivity contribution is 0.102. The molecule has 1 aromatic heterocycles.